The van der Waals surface area contributed by atoms with Crippen molar-refractivity contribution in [3.05, 3.63) is 73.4 Å². The number of rotatable bonds is 9. The fourth-order valence-electron chi connectivity index (χ4n) is 2.22. The van der Waals surface area contributed by atoms with Crippen LogP contribution in [-0.2, 0) is 19.3 Å². The summed E-state index contributed by atoms with van der Waals surface area (Å²) in [7, 11) is 0. The molecule has 103 valence electrons. The van der Waals surface area contributed by atoms with Crippen molar-refractivity contribution in [3.8, 4) is 0 Å². The van der Waals surface area contributed by atoms with Crippen LogP contribution >= 0.6 is 11.8 Å². The van der Waals surface area contributed by atoms with Gasteiger partial charge in [0, 0.05) is 0 Å². The van der Waals surface area contributed by atoms with Crippen molar-refractivity contribution in [2.75, 3.05) is 5.75 Å². The molecular formula is C18H21SSn. The molecule has 0 aromatic heterocycles. The van der Waals surface area contributed by atoms with Gasteiger partial charge < -0.3 is 0 Å². The number of benzene rings is 1. The summed E-state index contributed by atoms with van der Waals surface area (Å²) < 4.78 is 1.42. The SMILES string of the molecule is C=CCSc1[c]([Sn])cc(CC=C)c(CC=C)c1CC=C. The second kappa shape index (κ2) is 9.30. The monoisotopic (exact) mass is 389 g/mol. The summed E-state index contributed by atoms with van der Waals surface area (Å²) >= 11 is 3.33. The quantitative estimate of drug-likeness (QED) is 0.351. The molecule has 1 rings (SSSR count). The van der Waals surface area contributed by atoms with E-state index in [0.717, 1.165) is 25.0 Å². The molecule has 3 radical (unpaired) electrons. The maximum atomic E-state index is 3.92. The number of allylic oxidation sites excluding steroid dienone is 3. The van der Waals surface area contributed by atoms with Gasteiger partial charge in [-0.05, 0) is 0 Å². The van der Waals surface area contributed by atoms with Crippen molar-refractivity contribution < 1.29 is 0 Å². The maximum absolute atomic E-state index is 3.92. The van der Waals surface area contributed by atoms with Crippen LogP contribution in [0.25, 0.3) is 0 Å². The molecule has 0 fully saturated rings. The van der Waals surface area contributed by atoms with Crippen LogP contribution in [-0.4, -0.2) is 28.3 Å². The standard InChI is InChI=1S/C18H21S.Sn/c1-5-9-15-12-13-18(19-14-8-4)17(11-7-3)16(15)10-6-2;/h5-8,12H,1-4,9-11,14H2;. The van der Waals surface area contributed by atoms with E-state index in [1.54, 1.807) is 0 Å². The van der Waals surface area contributed by atoms with Gasteiger partial charge in [0.2, 0.25) is 0 Å². The number of thioether (sulfide) groups is 1. The molecule has 0 heterocycles. The van der Waals surface area contributed by atoms with Gasteiger partial charge in [-0.15, -0.1) is 0 Å². The molecule has 2 heteroatoms. The summed E-state index contributed by atoms with van der Waals surface area (Å²) in [6, 6.07) is 2.33. The zero-order valence-corrected chi connectivity index (χ0v) is 15.6. The van der Waals surface area contributed by atoms with Crippen LogP contribution in [0.5, 0.6) is 0 Å². The van der Waals surface area contributed by atoms with Gasteiger partial charge in [-0.25, -0.2) is 0 Å². The Hall–Kier alpha value is -0.671. The van der Waals surface area contributed by atoms with Crippen LogP contribution in [0.3, 0.4) is 0 Å². The van der Waals surface area contributed by atoms with E-state index < -0.39 is 0 Å². The van der Waals surface area contributed by atoms with Gasteiger partial charge in [-0.1, -0.05) is 0 Å². The Morgan fingerprint density at radius 1 is 0.900 bits per heavy atom. The molecule has 1 aromatic carbocycles. The molecule has 0 spiro atoms. The van der Waals surface area contributed by atoms with E-state index in [2.05, 4.69) is 32.4 Å². The molecule has 0 atom stereocenters. The van der Waals surface area contributed by atoms with Gasteiger partial charge >= 0.3 is 141 Å². The molecule has 0 nitrogen and oxygen atoms in total. The molecule has 0 aliphatic rings. The van der Waals surface area contributed by atoms with Crippen LogP contribution in [0.15, 0.2) is 61.6 Å². The predicted octanol–water partition coefficient (Wildman–Crippen LogP) is 3.94. The van der Waals surface area contributed by atoms with Crippen LogP contribution in [0, 0.1) is 0 Å². The Morgan fingerprint density at radius 3 is 2.05 bits per heavy atom. The molecule has 0 saturated heterocycles. The van der Waals surface area contributed by atoms with Gasteiger partial charge in [0.1, 0.15) is 0 Å². The average molecular weight is 388 g/mol. The molecule has 0 saturated carbocycles. The molecule has 0 amide bonds. The Labute approximate surface area is 140 Å². The summed E-state index contributed by atoms with van der Waals surface area (Å²) in [5.74, 6) is 0.944. The third-order valence-corrected chi connectivity index (χ3v) is 5.80. The Kier molecular flexibility index (Phi) is 8.08. The Bertz CT molecular complexity index is 515. The van der Waals surface area contributed by atoms with Gasteiger partial charge in [-0.3, -0.25) is 0 Å². The second-order valence-corrected chi connectivity index (χ2v) is 7.02. The van der Waals surface area contributed by atoms with Crippen molar-refractivity contribution in [2.45, 2.75) is 24.2 Å². The van der Waals surface area contributed by atoms with Crippen LogP contribution < -0.4 is 3.58 Å². The van der Waals surface area contributed by atoms with Crippen LogP contribution in [0.2, 0.25) is 0 Å². The van der Waals surface area contributed by atoms with E-state index in [-0.39, 0.29) is 0 Å². The molecule has 0 aliphatic carbocycles. The predicted molar refractivity (Wildman–Crippen MR) is 94.5 cm³/mol. The molecule has 0 bridgehead atoms. The zero-order valence-electron chi connectivity index (χ0n) is 12.0. The molecule has 1 aromatic rings. The molecular weight excluding hydrogens is 367 g/mol. The Morgan fingerprint density at radius 2 is 1.50 bits per heavy atom. The van der Waals surface area contributed by atoms with Gasteiger partial charge in [-0.2, -0.15) is 0 Å². The van der Waals surface area contributed by atoms with E-state index in [9.17, 15) is 0 Å². The summed E-state index contributed by atoms with van der Waals surface area (Å²) in [6.45, 7) is 15.5. The normalized spacial score (nSPS) is 10.1. The first kappa shape index (κ1) is 17.4. The first-order chi connectivity index (χ1) is 9.69. The minimum atomic E-state index is 0.907. The molecule has 20 heavy (non-hydrogen) atoms. The van der Waals surface area contributed by atoms with Crippen molar-refractivity contribution in [1.29, 1.82) is 0 Å². The Balaban J connectivity index is 3.45. The fraction of sp³-hybridized carbons (Fsp3) is 0.222. The molecule has 0 aliphatic heterocycles. The first-order valence-corrected chi connectivity index (χ1v) is 9.06. The minimum absolute atomic E-state index is 0.907. The van der Waals surface area contributed by atoms with Crippen molar-refractivity contribution >= 4 is 37.9 Å². The summed E-state index contributed by atoms with van der Waals surface area (Å²) in [5, 5.41) is 0. The third kappa shape index (κ3) is 4.42. The average Bonchev–Trinajstić information content (AvgIpc) is 2.43. The van der Waals surface area contributed by atoms with Gasteiger partial charge in [0.05, 0.1) is 0 Å². The second-order valence-electron chi connectivity index (χ2n) is 4.45. The van der Waals surface area contributed by atoms with Crippen molar-refractivity contribution in [1.82, 2.24) is 0 Å². The van der Waals surface area contributed by atoms with E-state index >= 15 is 0 Å². The van der Waals surface area contributed by atoms with Crippen LogP contribution in [0.1, 0.15) is 16.7 Å². The van der Waals surface area contributed by atoms with Gasteiger partial charge in [0.15, 0.2) is 0 Å². The topological polar surface area (TPSA) is 0 Å². The van der Waals surface area contributed by atoms with E-state index in [1.807, 2.05) is 36.1 Å². The first-order valence-electron chi connectivity index (χ1n) is 6.65. The third-order valence-electron chi connectivity index (χ3n) is 3.00. The summed E-state index contributed by atoms with van der Waals surface area (Å²) in [6.07, 6.45) is 10.7. The van der Waals surface area contributed by atoms with Crippen LogP contribution in [0.4, 0.5) is 0 Å². The van der Waals surface area contributed by atoms with E-state index in [4.69, 9.17) is 0 Å². The molecule has 0 unspecified atom stereocenters. The van der Waals surface area contributed by atoms with Gasteiger partial charge in [0.25, 0.3) is 0 Å². The summed E-state index contributed by atoms with van der Waals surface area (Å²) in [4.78, 5) is 1.41. The van der Waals surface area contributed by atoms with E-state index in [0.29, 0.717) is 0 Å². The molecule has 0 N–H and O–H groups in total. The van der Waals surface area contributed by atoms with Crippen molar-refractivity contribution in [3.63, 3.8) is 0 Å². The summed E-state index contributed by atoms with van der Waals surface area (Å²) in [5.41, 5.74) is 4.20. The zero-order chi connectivity index (χ0) is 15.0. The number of hydrogen-bond donors (Lipinski definition) is 0. The fourth-order valence-corrected chi connectivity index (χ4v) is 4.65. The number of hydrogen-bond acceptors (Lipinski definition) is 1. The van der Waals surface area contributed by atoms with Crippen molar-refractivity contribution in [2.24, 2.45) is 0 Å². The van der Waals surface area contributed by atoms with E-state index in [1.165, 1.54) is 47.7 Å².